The first kappa shape index (κ1) is 12.3. The molecule has 0 atom stereocenters. The average Bonchev–Trinajstić information content (AvgIpc) is 2.30. The minimum Gasteiger partial charge on any atom is -0.466 e. The fourth-order valence-electron chi connectivity index (χ4n) is 1.18. The Kier molecular flexibility index (Phi) is 4.56. The van der Waals surface area contributed by atoms with E-state index in [1.807, 2.05) is 6.07 Å². The van der Waals surface area contributed by atoms with Crippen molar-refractivity contribution in [2.24, 2.45) is 0 Å². The number of carbonyl (C=O) groups is 1. The van der Waals surface area contributed by atoms with Crippen molar-refractivity contribution in [1.29, 1.82) is 5.26 Å². The summed E-state index contributed by atoms with van der Waals surface area (Å²) >= 11 is 5.94. The van der Waals surface area contributed by atoms with E-state index in [4.69, 9.17) is 16.9 Å². The van der Waals surface area contributed by atoms with Gasteiger partial charge in [0.1, 0.15) is 0 Å². The van der Waals surface area contributed by atoms with Crippen molar-refractivity contribution in [2.45, 2.75) is 6.42 Å². The molecule has 0 aliphatic heterocycles. The quantitative estimate of drug-likeness (QED) is 0.598. The molecule has 3 nitrogen and oxygen atoms in total. The smallest absolute Gasteiger partial charge is 0.334 e. The van der Waals surface area contributed by atoms with Crippen LogP contribution in [0.3, 0.4) is 0 Å². The van der Waals surface area contributed by atoms with Gasteiger partial charge in [-0.1, -0.05) is 29.8 Å². The third kappa shape index (κ3) is 3.11. The number of nitrogens with zero attached hydrogens (tertiary/aromatic N) is 1. The summed E-state index contributed by atoms with van der Waals surface area (Å²) in [6.07, 6.45) is 1.56. The number of methoxy groups -OCH3 is 1. The molecular formula is C12H10ClNO2. The molecule has 0 radical (unpaired) electrons. The highest BCUT2D eigenvalue weighted by molar-refractivity contribution is 6.32. The summed E-state index contributed by atoms with van der Waals surface area (Å²) in [7, 11) is 1.28. The number of carbonyl (C=O) groups excluding carboxylic acids is 1. The van der Waals surface area contributed by atoms with Crippen molar-refractivity contribution < 1.29 is 9.53 Å². The minimum absolute atomic E-state index is 0.00209. The van der Waals surface area contributed by atoms with E-state index in [-0.39, 0.29) is 12.0 Å². The average molecular weight is 236 g/mol. The van der Waals surface area contributed by atoms with Crippen LogP contribution in [0, 0.1) is 11.3 Å². The fraction of sp³-hybridized carbons (Fsp3) is 0.167. The van der Waals surface area contributed by atoms with Crippen LogP contribution in [-0.4, -0.2) is 13.1 Å². The maximum Gasteiger partial charge on any atom is 0.334 e. The van der Waals surface area contributed by atoms with Crippen molar-refractivity contribution in [1.82, 2.24) is 0 Å². The number of esters is 1. The number of hydrogen-bond acceptors (Lipinski definition) is 3. The molecule has 4 heteroatoms. The molecule has 0 fully saturated rings. The van der Waals surface area contributed by atoms with Crippen LogP contribution in [0.2, 0.25) is 5.02 Å². The Morgan fingerprint density at radius 2 is 2.25 bits per heavy atom. The first-order valence-corrected chi connectivity index (χ1v) is 4.97. The molecule has 0 N–H and O–H groups in total. The first-order chi connectivity index (χ1) is 7.69. The second kappa shape index (κ2) is 5.94. The van der Waals surface area contributed by atoms with E-state index in [0.717, 1.165) is 0 Å². The zero-order valence-corrected chi connectivity index (χ0v) is 9.49. The van der Waals surface area contributed by atoms with Gasteiger partial charge in [-0.25, -0.2) is 4.79 Å². The predicted molar refractivity (Wildman–Crippen MR) is 61.7 cm³/mol. The molecule has 0 heterocycles. The lowest BCUT2D eigenvalue weighted by Gasteiger charge is -2.02. The zero-order valence-electron chi connectivity index (χ0n) is 8.74. The third-order valence-corrected chi connectivity index (χ3v) is 2.30. The van der Waals surface area contributed by atoms with E-state index in [1.54, 1.807) is 30.3 Å². The molecule has 1 aromatic rings. The van der Waals surface area contributed by atoms with E-state index in [0.29, 0.717) is 10.6 Å². The van der Waals surface area contributed by atoms with Crippen molar-refractivity contribution in [3.63, 3.8) is 0 Å². The molecule has 0 saturated carbocycles. The van der Waals surface area contributed by atoms with Gasteiger partial charge in [-0.05, 0) is 17.7 Å². The van der Waals surface area contributed by atoms with E-state index in [9.17, 15) is 4.79 Å². The van der Waals surface area contributed by atoms with Crippen LogP contribution in [-0.2, 0) is 9.53 Å². The number of benzene rings is 1. The van der Waals surface area contributed by atoms with Crippen LogP contribution in [0.25, 0.3) is 6.08 Å². The van der Waals surface area contributed by atoms with Crippen LogP contribution >= 0.6 is 11.6 Å². The summed E-state index contributed by atoms with van der Waals surface area (Å²) in [5, 5.41) is 9.13. The molecule has 16 heavy (non-hydrogen) atoms. The number of ether oxygens (including phenoxy) is 1. The van der Waals surface area contributed by atoms with E-state index in [2.05, 4.69) is 4.74 Å². The molecule has 0 aliphatic rings. The van der Waals surface area contributed by atoms with Crippen molar-refractivity contribution in [2.75, 3.05) is 7.11 Å². The van der Waals surface area contributed by atoms with Crippen LogP contribution in [0.5, 0.6) is 0 Å². The van der Waals surface area contributed by atoms with E-state index < -0.39 is 5.97 Å². The Labute approximate surface area is 98.9 Å². The van der Waals surface area contributed by atoms with Gasteiger partial charge in [0.05, 0.1) is 25.2 Å². The Bertz CT molecular complexity index is 460. The van der Waals surface area contributed by atoms with Gasteiger partial charge in [0.15, 0.2) is 0 Å². The standard InChI is InChI=1S/C12H10ClNO2/c1-16-12(15)10(6-7-14)8-9-4-2-3-5-11(9)13/h2-5,8H,6H2,1H3/b10-8+. The maximum atomic E-state index is 11.3. The maximum absolute atomic E-state index is 11.3. The molecule has 82 valence electrons. The summed E-state index contributed by atoms with van der Waals surface area (Å²) in [5.41, 5.74) is 0.984. The SMILES string of the molecule is COC(=O)/C(=C/c1ccccc1Cl)CC#N. The number of hydrogen-bond donors (Lipinski definition) is 0. The van der Waals surface area contributed by atoms with Gasteiger partial charge in [0.2, 0.25) is 0 Å². The zero-order chi connectivity index (χ0) is 12.0. The topological polar surface area (TPSA) is 50.1 Å². The second-order valence-corrected chi connectivity index (χ2v) is 3.42. The van der Waals surface area contributed by atoms with Crippen LogP contribution in [0.4, 0.5) is 0 Å². The largest absolute Gasteiger partial charge is 0.466 e. The molecular weight excluding hydrogens is 226 g/mol. The molecule has 1 aromatic carbocycles. The second-order valence-electron chi connectivity index (χ2n) is 3.02. The molecule has 0 bridgehead atoms. The summed E-state index contributed by atoms with van der Waals surface area (Å²) in [6, 6.07) is 8.99. The van der Waals surface area contributed by atoms with E-state index in [1.165, 1.54) is 7.11 Å². The summed E-state index contributed by atoms with van der Waals surface area (Å²) in [5.74, 6) is -0.513. The Morgan fingerprint density at radius 1 is 1.56 bits per heavy atom. The van der Waals surface area contributed by atoms with Crippen LogP contribution in [0.1, 0.15) is 12.0 Å². The van der Waals surface area contributed by atoms with Gasteiger partial charge >= 0.3 is 5.97 Å². The molecule has 0 aliphatic carbocycles. The summed E-state index contributed by atoms with van der Waals surface area (Å²) in [6.45, 7) is 0. The lowest BCUT2D eigenvalue weighted by Crippen LogP contribution is -2.04. The highest BCUT2D eigenvalue weighted by Gasteiger charge is 2.09. The van der Waals surface area contributed by atoms with Gasteiger partial charge in [-0.3, -0.25) is 0 Å². The van der Waals surface area contributed by atoms with Gasteiger partial charge in [0, 0.05) is 5.02 Å². The molecule has 0 amide bonds. The molecule has 0 aromatic heterocycles. The normalized spacial score (nSPS) is 10.7. The third-order valence-electron chi connectivity index (χ3n) is 1.95. The Morgan fingerprint density at radius 3 is 2.81 bits per heavy atom. The first-order valence-electron chi connectivity index (χ1n) is 4.59. The fourth-order valence-corrected chi connectivity index (χ4v) is 1.37. The van der Waals surface area contributed by atoms with Crippen LogP contribution in [0.15, 0.2) is 29.8 Å². The predicted octanol–water partition coefficient (Wildman–Crippen LogP) is 2.81. The van der Waals surface area contributed by atoms with Crippen molar-refractivity contribution >= 4 is 23.6 Å². The molecule has 1 rings (SSSR count). The highest BCUT2D eigenvalue weighted by atomic mass is 35.5. The monoisotopic (exact) mass is 235 g/mol. The van der Waals surface area contributed by atoms with Crippen LogP contribution < -0.4 is 0 Å². The number of halogens is 1. The minimum atomic E-state index is -0.513. The molecule has 0 saturated heterocycles. The Hall–Kier alpha value is -1.79. The highest BCUT2D eigenvalue weighted by Crippen LogP contribution is 2.19. The van der Waals surface area contributed by atoms with Crippen molar-refractivity contribution in [3.8, 4) is 6.07 Å². The summed E-state index contributed by atoms with van der Waals surface area (Å²) in [4.78, 5) is 11.3. The van der Waals surface area contributed by atoms with Gasteiger partial charge in [-0.15, -0.1) is 0 Å². The van der Waals surface area contributed by atoms with Crippen molar-refractivity contribution in [3.05, 3.63) is 40.4 Å². The van der Waals surface area contributed by atoms with E-state index >= 15 is 0 Å². The Balaban J connectivity index is 3.08. The lowest BCUT2D eigenvalue weighted by molar-refractivity contribution is -0.136. The number of nitriles is 1. The summed E-state index contributed by atoms with van der Waals surface area (Å²) < 4.78 is 4.58. The molecule has 0 spiro atoms. The van der Waals surface area contributed by atoms with Gasteiger partial charge < -0.3 is 4.74 Å². The van der Waals surface area contributed by atoms with Gasteiger partial charge in [0.25, 0.3) is 0 Å². The molecule has 0 unspecified atom stereocenters. The number of rotatable bonds is 3. The lowest BCUT2D eigenvalue weighted by atomic mass is 10.1. The van der Waals surface area contributed by atoms with Gasteiger partial charge in [-0.2, -0.15) is 5.26 Å².